The number of amides is 1. The van der Waals surface area contributed by atoms with Crippen LogP contribution in [0.3, 0.4) is 0 Å². The van der Waals surface area contributed by atoms with E-state index in [9.17, 15) is 4.79 Å². The van der Waals surface area contributed by atoms with Gasteiger partial charge >= 0.3 is 0 Å². The predicted octanol–water partition coefficient (Wildman–Crippen LogP) is 1.41. The smallest absolute Gasteiger partial charge is 0.231 e. The number of rotatable bonds is 6. The number of thioether (sulfide) groups is 1. The van der Waals surface area contributed by atoms with Crippen LogP contribution < -0.4 is 11.1 Å². The van der Waals surface area contributed by atoms with Crippen LogP contribution in [0.2, 0.25) is 0 Å². The highest BCUT2D eigenvalue weighted by Gasteiger charge is 2.35. The van der Waals surface area contributed by atoms with Crippen molar-refractivity contribution >= 4 is 17.7 Å². The van der Waals surface area contributed by atoms with E-state index < -0.39 is 5.54 Å². The monoisotopic (exact) mass is 255 g/mol. The summed E-state index contributed by atoms with van der Waals surface area (Å²) in [7, 11) is 0. The molecule has 0 bridgehead atoms. The summed E-state index contributed by atoms with van der Waals surface area (Å²) in [6, 6.07) is 2.41. The van der Waals surface area contributed by atoms with Crippen molar-refractivity contribution in [1.29, 1.82) is 5.26 Å². The first-order valence-corrected chi connectivity index (χ1v) is 7.33. The molecular formula is C12H21N3OS. The Bertz CT molecular complexity index is 295. The minimum absolute atomic E-state index is 0.0400. The Balaban J connectivity index is 2.27. The van der Waals surface area contributed by atoms with Crippen molar-refractivity contribution in [3.8, 4) is 6.07 Å². The standard InChI is InChI=1S/C12H21N3OS/c1-2-10(14)7-17-8-11(16)15-12(9-13)5-3-4-6-12/h10H,2-8,14H2,1H3,(H,15,16). The molecule has 96 valence electrons. The van der Waals surface area contributed by atoms with Gasteiger partial charge in [0.15, 0.2) is 0 Å². The summed E-state index contributed by atoms with van der Waals surface area (Å²) in [5, 5.41) is 12.0. The van der Waals surface area contributed by atoms with Crippen molar-refractivity contribution in [2.75, 3.05) is 11.5 Å². The first kappa shape index (κ1) is 14.3. The van der Waals surface area contributed by atoms with Crippen molar-refractivity contribution in [3.63, 3.8) is 0 Å². The van der Waals surface area contributed by atoms with Gasteiger partial charge in [0, 0.05) is 11.8 Å². The van der Waals surface area contributed by atoms with E-state index in [4.69, 9.17) is 11.0 Å². The molecule has 1 fully saturated rings. The maximum Gasteiger partial charge on any atom is 0.231 e. The van der Waals surface area contributed by atoms with Crippen molar-refractivity contribution in [1.82, 2.24) is 5.32 Å². The minimum Gasteiger partial charge on any atom is -0.337 e. The Morgan fingerprint density at radius 2 is 2.24 bits per heavy atom. The van der Waals surface area contributed by atoms with Crippen molar-refractivity contribution < 1.29 is 4.79 Å². The third-order valence-corrected chi connectivity index (χ3v) is 4.27. The molecule has 17 heavy (non-hydrogen) atoms. The molecule has 0 aliphatic heterocycles. The van der Waals surface area contributed by atoms with Crippen LogP contribution in [0.5, 0.6) is 0 Å². The number of nitrogens with one attached hydrogen (secondary N) is 1. The van der Waals surface area contributed by atoms with Crippen molar-refractivity contribution in [2.45, 2.75) is 50.6 Å². The van der Waals surface area contributed by atoms with Gasteiger partial charge in [0.1, 0.15) is 5.54 Å². The number of nitrogens with zero attached hydrogens (tertiary/aromatic N) is 1. The van der Waals surface area contributed by atoms with E-state index in [0.717, 1.165) is 37.9 Å². The fraction of sp³-hybridized carbons (Fsp3) is 0.833. The molecule has 3 N–H and O–H groups in total. The lowest BCUT2D eigenvalue weighted by Crippen LogP contribution is -2.46. The fourth-order valence-corrected chi connectivity index (χ4v) is 2.88. The topological polar surface area (TPSA) is 78.9 Å². The molecule has 1 saturated carbocycles. The van der Waals surface area contributed by atoms with E-state index in [1.807, 2.05) is 6.92 Å². The lowest BCUT2D eigenvalue weighted by Gasteiger charge is -2.21. The molecule has 1 atom stereocenters. The van der Waals surface area contributed by atoms with Gasteiger partial charge in [-0.2, -0.15) is 17.0 Å². The first-order chi connectivity index (χ1) is 8.12. The number of hydrogen-bond acceptors (Lipinski definition) is 4. The average Bonchev–Trinajstić information content (AvgIpc) is 2.78. The van der Waals surface area contributed by atoms with E-state index >= 15 is 0 Å². The van der Waals surface area contributed by atoms with E-state index in [1.54, 1.807) is 11.8 Å². The molecule has 0 radical (unpaired) electrons. The van der Waals surface area contributed by atoms with Gasteiger partial charge in [-0.15, -0.1) is 0 Å². The van der Waals surface area contributed by atoms with Crippen LogP contribution in [-0.4, -0.2) is 29.0 Å². The largest absolute Gasteiger partial charge is 0.337 e. The molecular weight excluding hydrogens is 234 g/mol. The van der Waals surface area contributed by atoms with Gasteiger partial charge < -0.3 is 11.1 Å². The SMILES string of the molecule is CCC(N)CSCC(=O)NC1(C#N)CCCC1. The Morgan fingerprint density at radius 1 is 1.59 bits per heavy atom. The normalized spacial score (nSPS) is 19.6. The van der Waals surface area contributed by atoms with Crippen LogP contribution in [0.15, 0.2) is 0 Å². The molecule has 1 amide bonds. The second-order valence-corrected chi connectivity index (χ2v) is 5.66. The van der Waals surface area contributed by atoms with Gasteiger partial charge in [-0.05, 0) is 32.1 Å². The summed E-state index contributed by atoms with van der Waals surface area (Å²) < 4.78 is 0. The summed E-state index contributed by atoms with van der Waals surface area (Å²) in [5.41, 5.74) is 5.18. The van der Waals surface area contributed by atoms with Crippen LogP contribution in [0.4, 0.5) is 0 Å². The lowest BCUT2D eigenvalue weighted by atomic mass is 10.0. The molecule has 4 nitrogen and oxygen atoms in total. The third kappa shape index (κ3) is 4.57. The molecule has 0 heterocycles. The number of carbonyl (C=O) groups excluding carboxylic acids is 1. The zero-order valence-electron chi connectivity index (χ0n) is 10.4. The predicted molar refractivity (Wildman–Crippen MR) is 70.5 cm³/mol. The molecule has 0 spiro atoms. The van der Waals surface area contributed by atoms with Crippen molar-refractivity contribution in [3.05, 3.63) is 0 Å². The van der Waals surface area contributed by atoms with Gasteiger partial charge in [-0.1, -0.05) is 6.92 Å². The first-order valence-electron chi connectivity index (χ1n) is 6.17. The molecule has 0 aromatic heterocycles. The number of nitriles is 1. The Morgan fingerprint density at radius 3 is 2.76 bits per heavy atom. The molecule has 1 rings (SSSR count). The molecule has 0 aromatic carbocycles. The lowest BCUT2D eigenvalue weighted by molar-refractivity contribution is -0.119. The van der Waals surface area contributed by atoms with Crippen LogP contribution in [0.25, 0.3) is 0 Å². The van der Waals surface area contributed by atoms with Crippen LogP contribution >= 0.6 is 11.8 Å². The number of hydrogen-bond donors (Lipinski definition) is 2. The molecule has 5 heteroatoms. The van der Waals surface area contributed by atoms with Crippen molar-refractivity contribution in [2.24, 2.45) is 5.73 Å². The zero-order valence-corrected chi connectivity index (χ0v) is 11.2. The third-order valence-electron chi connectivity index (χ3n) is 3.14. The van der Waals surface area contributed by atoms with Gasteiger partial charge in [0.25, 0.3) is 0 Å². The second-order valence-electron chi connectivity index (χ2n) is 4.63. The van der Waals surface area contributed by atoms with E-state index in [2.05, 4.69) is 11.4 Å². The summed E-state index contributed by atoms with van der Waals surface area (Å²) in [6.07, 6.45) is 4.56. The maximum atomic E-state index is 11.7. The quantitative estimate of drug-likeness (QED) is 0.752. The summed E-state index contributed by atoms with van der Waals surface area (Å²) in [6.45, 7) is 2.04. The van der Waals surface area contributed by atoms with E-state index in [1.165, 1.54) is 0 Å². The number of carbonyl (C=O) groups is 1. The molecule has 0 aromatic rings. The Hall–Kier alpha value is -0.730. The van der Waals surface area contributed by atoms with Crippen LogP contribution in [0.1, 0.15) is 39.0 Å². The maximum absolute atomic E-state index is 11.7. The number of nitrogens with two attached hydrogens (primary N) is 1. The fourth-order valence-electron chi connectivity index (χ4n) is 1.97. The van der Waals surface area contributed by atoms with Crippen LogP contribution in [0, 0.1) is 11.3 Å². The summed E-state index contributed by atoms with van der Waals surface area (Å²) in [5.74, 6) is 1.15. The highest BCUT2D eigenvalue weighted by Crippen LogP contribution is 2.28. The Kier molecular flexibility index (Phi) is 5.79. The molecule has 0 saturated heterocycles. The van der Waals surface area contributed by atoms with Gasteiger partial charge in [-0.3, -0.25) is 4.79 Å². The Labute approximate surface area is 107 Å². The van der Waals surface area contributed by atoms with E-state index in [0.29, 0.717) is 5.75 Å². The van der Waals surface area contributed by atoms with E-state index in [-0.39, 0.29) is 11.9 Å². The minimum atomic E-state index is -0.593. The van der Waals surface area contributed by atoms with Gasteiger partial charge in [0.05, 0.1) is 11.8 Å². The molecule has 1 aliphatic carbocycles. The highest BCUT2D eigenvalue weighted by atomic mass is 32.2. The zero-order chi connectivity index (χ0) is 12.7. The van der Waals surface area contributed by atoms with Crippen LogP contribution in [-0.2, 0) is 4.79 Å². The van der Waals surface area contributed by atoms with Gasteiger partial charge in [0.2, 0.25) is 5.91 Å². The molecule has 1 aliphatic rings. The summed E-state index contributed by atoms with van der Waals surface area (Å²) >= 11 is 1.54. The van der Waals surface area contributed by atoms with Gasteiger partial charge in [-0.25, -0.2) is 0 Å². The molecule has 1 unspecified atom stereocenters. The second kappa shape index (κ2) is 6.87. The summed E-state index contributed by atoms with van der Waals surface area (Å²) in [4.78, 5) is 11.7. The highest BCUT2D eigenvalue weighted by molar-refractivity contribution is 7.99. The average molecular weight is 255 g/mol.